The molecule has 6 rings (SSSR count). The first-order chi connectivity index (χ1) is 25.9. The van der Waals surface area contributed by atoms with Gasteiger partial charge in [-0.1, -0.05) is 53.2 Å². The summed E-state index contributed by atoms with van der Waals surface area (Å²) in [4.78, 5) is 0. The average molecular weight is 801 g/mol. The Morgan fingerprint density at radius 1 is 0.804 bits per heavy atom. The molecule has 324 valence electrons. The standard InChI is InChI=1S/C42H72O14/c1-20(9-13-27(44)39(4,5)52)21-15-16-40(6)26-12-10-22-23(42(26,8)28(45)17-41(21,40)7)11-14-29(38(22,2)3)56-37-35(51)33(49)31(47)25(55-37)19-53-36-34(50)32(48)30(46)24(18-43)54-36/h10,20-21,23-37,43-52H,9,11-19H2,1-8H3/t20-,21?,23?,24-,25-,26?,27-,28-,29+,30-,31-,32+,33+,34-,35-,36-,37?,40+,41-,42+/m1/s1. The Morgan fingerprint density at radius 3 is 2.04 bits per heavy atom. The van der Waals surface area contributed by atoms with Crippen molar-refractivity contribution in [1.82, 2.24) is 0 Å². The molecule has 2 saturated heterocycles. The summed E-state index contributed by atoms with van der Waals surface area (Å²) in [5, 5.41) is 106. The number of hydrogen-bond acceptors (Lipinski definition) is 14. The Morgan fingerprint density at radius 2 is 1.41 bits per heavy atom. The summed E-state index contributed by atoms with van der Waals surface area (Å²) in [6.07, 6.45) is -8.06. The van der Waals surface area contributed by atoms with Crippen molar-refractivity contribution in [3.05, 3.63) is 11.6 Å². The molecule has 0 spiro atoms. The van der Waals surface area contributed by atoms with Gasteiger partial charge in [0.05, 0.1) is 37.1 Å². The lowest BCUT2D eigenvalue weighted by Gasteiger charge is -2.67. The third kappa shape index (κ3) is 7.26. The molecule has 56 heavy (non-hydrogen) atoms. The minimum atomic E-state index is -1.67. The van der Waals surface area contributed by atoms with Gasteiger partial charge in [0.15, 0.2) is 12.6 Å². The van der Waals surface area contributed by atoms with E-state index in [1.165, 1.54) is 5.57 Å². The van der Waals surface area contributed by atoms with Gasteiger partial charge in [0, 0.05) is 10.8 Å². The fraction of sp³-hybridized carbons (Fsp3) is 0.952. The van der Waals surface area contributed by atoms with Crippen LogP contribution in [0.5, 0.6) is 0 Å². The highest BCUT2D eigenvalue weighted by Gasteiger charge is 2.70. The van der Waals surface area contributed by atoms with E-state index in [1.54, 1.807) is 13.8 Å². The van der Waals surface area contributed by atoms with Crippen LogP contribution >= 0.6 is 0 Å². The van der Waals surface area contributed by atoms with E-state index in [9.17, 15) is 51.1 Å². The zero-order chi connectivity index (χ0) is 41.5. The number of allylic oxidation sites excluding steroid dienone is 1. The third-order valence-corrected chi connectivity index (χ3v) is 16.6. The van der Waals surface area contributed by atoms with Crippen molar-refractivity contribution >= 4 is 0 Å². The molecule has 14 heteroatoms. The summed E-state index contributed by atoms with van der Waals surface area (Å²) in [6.45, 7) is 15.8. The van der Waals surface area contributed by atoms with Crippen molar-refractivity contribution in [2.45, 2.75) is 192 Å². The molecule has 2 heterocycles. The zero-order valence-electron chi connectivity index (χ0n) is 34.6. The number of ether oxygens (including phenoxy) is 4. The highest BCUT2D eigenvalue weighted by Crippen LogP contribution is 2.75. The number of aliphatic hydroxyl groups is 10. The van der Waals surface area contributed by atoms with Gasteiger partial charge in [-0.2, -0.15) is 0 Å². The topological polar surface area (TPSA) is 239 Å². The molecule has 10 N–H and O–H groups in total. The van der Waals surface area contributed by atoms with Gasteiger partial charge in [-0.3, -0.25) is 0 Å². The van der Waals surface area contributed by atoms with Gasteiger partial charge < -0.3 is 70.0 Å². The van der Waals surface area contributed by atoms with Gasteiger partial charge in [-0.15, -0.1) is 0 Å². The number of rotatable bonds is 11. The Bertz CT molecular complexity index is 1400. The third-order valence-electron chi connectivity index (χ3n) is 16.6. The fourth-order valence-electron chi connectivity index (χ4n) is 12.6. The predicted octanol–water partition coefficient (Wildman–Crippen LogP) is 1.12. The van der Waals surface area contributed by atoms with E-state index in [-0.39, 0.29) is 28.1 Å². The summed E-state index contributed by atoms with van der Waals surface area (Å²) in [5.74, 6) is 1.05. The SMILES string of the molecule is C[C@H](CC[C@@H](O)C(C)(C)O)C1CC[C@@]2(C)C3CC=C4C(CC[C@H](OC5O[C@H](CO[C@@H]6O[C@H](CO)[C@@H](O)[C@H](O)[C@H]6O)[C@@H](O)[C@H](O)[C@H]5O)C4(C)C)[C@]3(C)[C@H](O)C[C@]12C. The molecule has 0 radical (unpaired) electrons. The van der Waals surface area contributed by atoms with Crippen molar-refractivity contribution in [1.29, 1.82) is 0 Å². The van der Waals surface area contributed by atoms with Crippen molar-refractivity contribution < 1.29 is 70.0 Å². The van der Waals surface area contributed by atoms with Crippen molar-refractivity contribution in [2.24, 2.45) is 45.3 Å². The molecule has 4 unspecified atom stereocenters. The van der Waals surface area contributed by atoms with E-state index in [2.05, 4.69) is 47.6 Å². The predicted molar refractivity (Wildman–Crippen MR) is 202 cm³/mol. The van der Waals surface area contributed by atoms with Crippen LogP contribution in [0.25, 0.3) is 0 Å². The monoisotopic (exact) mass is 800 g/mol. The molecule has 4 aliphatic carbocycles. The first-order valence-corrected chi connectivity index (χ1v) is 21.0. The van der Waals surface area contributed by atoms with E-state index in [0.29, 0.717) is 31.1 Å². The van der Waals surface area contributed by atoms with E-state index in [4.69, 9.17) is 18.9 Å². The van der Waals surface area contributed by atoms with E-state index < -0.39 is 104 Å². The lowest BCUT2D eigenvalue weighted by Crippen LogP contribution is -2.65. The van der Waals surface area contributed by atoms with Crippen molar-refractivity contribution in [3.8, 4) is 0 Å². The maximum atomic E-state index is 12.4. The Kier molecular flexibility index (Phi) is 12.7. The molecule has 5 fully saturated rings. The Balaban J connectivity index is 1.16. The first kappa shape index (κ1) is 44.7. The van der Waals surface area contributed by atoms with Crippen LogP contribution in [0.1, 0.15) is 107 Å². The highest BCUT2D eigenvalue weighted by atomic mass is 16.7. The second-order valence-electron chi connectivity index (χ2n) is 20.3. The van der Waals surface area contributed by atoms with Crippen LogP contribution in [0.4, 0.5) is 0 Å². The average Bonchev–Trinajstić information content (AvgIpc) is 3.40. The second kappa shape index (κ2) is 15.9. The molecule has 0 bridgehead atoms. The fourth-order valence-corrected chi connectivity index (χ4v) is 12.6. The van der Waals surface area contributed by atoms with E-state index in [1.807, 2.05) is 0 Å². The minimum absolute atomic E-state index is 0.0159. The molecule has 0 amide bonds. The molecule has 14 nitrogen and oxygen atoms in total. The van der Waals surface area contributed by atoms with Gasteiger partial charge in [0.25, 0.3) is 0 Å². The van der Waals surface area contributed by atoms with Crippen LogP contribution < -0.4 is 0 Å². The minimum Gasteiger partial charge on any atom is -0.394 e. The Labute approximate surface area is 331 Å². The largest absolute Gasteiger partial charge is 0.394 e. The molecule has 6 aliphatic rings. The van der Waals surface area contributed by atoms with Crippen LogP contribution in [0.3, 0.4) is 0 Å². The van der Waals surface area contributed by atoms with Crippen LogP contribution in [0.2, 0.25) is 0 Å². The molecule has 3 saturated carbocycles. The smallest absolute Gasteiger partial charge is 0.187 e. The number of hydrogen-bond donors (Lipinski definition) is 10. The van der Waals surface area contributed by atoms with Crippen LogP contribution in [0, 0.1) is 45.3 Å². The highest BCUT2D eigenvalue weighted by molar-refractivity contribution is 5.32. The molecular weight excluding hydrogens is 728 g/mol. The van der Waals surface area contributed by atoms with Crippen LogP contribution in [-0.4, -0.2) is 150 Å². The van der Waals surface area contributed by atoms with Crippen molar-refractivity contribution in [2.75, 3.05) is 13.2 Å². The molecule has 0 aromatic heterocycles. The quantitative estimate of drug-likeness (QED) is 0.132. The van der Waals surface area contributed by atoms with Gasteiger partial charge in [-0.25, -0.2) is 0 Å². The molecular formula is C42H72O14. The summed E-state index contributed by atoms with van der Waals surface area (Å²) in [7, 11) is 0. The van der Waals surface area contributed by atoms with Gasteiger partial charge in [0.2, 0.25) is 0 Å². The summed E-state index contributed by atoms with van der Waals surface area (Å²) in [6, 6.07) is 0. The normalized spacial score (nSPS) is 50.3. The van der Waals surface area contributed by atoms with E-state index >= 15 is 0 Å². The lowest BCUT2D eigenvalue weighted by molar-refractivity contribution is -0.340. The molecule has 20 atom stereocenters. The zero-order valence-corrected chi connectivity index (χ0v) is 34.6. The lowest BCUT2D eigenvalue weighted by atomic mass is 9.38. The van der Waals surface area contributed by atoms with Crippen LogP contribution in [-0.2, 0) is 18.9 Å². The summed E-state index contributed by atoms with van der Waals surface area (Å²) < 4.78 is 23.6. The second-order valence-corrected chi connectivity index (χ2v) is 20.3. The molecule has 0 aromatic carbocycles. The maximum absolute atomic E-state index is 12.4. The summed E-state index contributed by atoms with van der Waals surface area (Å²) in [5.41, 5.74) is -0.985. The van der Waals surface area contributed by atoms with Crippen molar-refractivity contribution in [3.63, 3.8) is 0 Å². The first-order valence-electron chi connectivity index (χ1n) is 21.0. The molecule has 0 aromatic rings. The van der Waals surface area contributed by atoms with Gasteiger partial charge in [-0.05, 0) is 99.7 Å². The van der Waals surface area contributed by atoms with Gasteiger partial charge in [0.1, 0.15) is 48.8 Å². The summed E-state index contributed by atoms with van der Waals surface area (Å²) >= 11 is 0. The molecule has 2 aliphatic heterocycles. The maximum Gasteiger partial charge on any atom is 0.187 e. The number of fused-ring (bicyclic) bond motifs is 5. The number of aliphatic hydroxyl groups excluding tert-OH is 9. The Hall–Kier alpha value is -0.820. The van der Waals surface area contributed by atoms with E-state index in [0.717, 1.165) is 32.1 Å². The van der Waals surface area contributed by atoms with Crippen LogP contribution in [0.15, 0.2) is 11.6 Å². The van der Waals surface area contributed by atoms with Gasteiger partial charge >= 0.3 is 0 Å².